The lowest BCUT2D eigenvalue weighted by Crippen LogP contribution is -2.15. The molecule has 0 aromatic carbocycles. The predicted octanol–water partition coefficient (Wildman–Crippen LogP) is 2.72. The largest absolute Gasteiger partial charge is 0.359 e. The molecule has 0 N–H and O–H groups in total. The van der Waals surface area contributed by atoms with E-state index in [1.807, 2.05) is 0 Å². The third kappa shape index (κ3) is 4.07. The molecule has 0 aromatic heterocycles. The van der Waals surface area contributed by atoms with Gasteiger partial charge in [-0.25, -0.2) is 0 Å². The molecule has 0 aliphatic heterocycles. The standard InChI is InChI=1S/C10H20O2/c1-11-9-12-10-7-5-3-2-4-6-8-10/h10H,2-9H2,1H3. The van der Waals surface area contributed by atoms with Crippen molar-refractivity contribution in [1.82, 2.24) is 0 Å². The highest BCUT2D eigenvalue weighted by atomic mass is 16.7. The van der Waals surface area contributed by atoms with Crippen LogP contribution in [0.2, 0.25) is 0 Å². The van der Waals surface area contributed by atoms with Crippen molar-refractivity contribution >= 4 is 0 Å². The summed E-state index contributed by atoms with van der Waals surface area (Å²) in [6.45, 7) is 0.463. The topological polar surface area (TPSA) is 18.5 Å². The van der Waals surface area contributed by atoms with Crippen LogP contribution < -0.4 is 0 Å². The Bertz CT molecular complexity index is 93.3. The molecule has 0 aromatic rings. The Morgan fingerprint density at radius 3 is 2.17 bits per heavy atom. The van der Waals surface area contributed by atoms with Crippen LogP contribution in [0.3, 0.4) is 0 Å². The highest BCUT2D eigenvalue weighted by Gasteiger charge is 2.10. The van der Waals surface area contributed by atoms with Gasteiger partial charge in [-0.3, -0.25) is 0 Å². The molecule has 1 saturated carbocycles. The Morgan fingerprint density at radius 2 is 1.58 bits per heavy atom. The second-order valence-electron chi connectivity index (χ2n) is 3.54. The Balaban J connectivity index is 2.11. The van der Waals surface area contributed by atoms with E-state index in [1.165, 1.54) is 44.9 Å². The summed E-state index contributed by atoms with van der Waals surface area (Å²) in [5.41, 5.74) is 0. The van der Waals surface area contributed by atoms with Crippen LogP contribution in [0.4, 0.5) is 0 Å². The first-order valence-electron chi connectivity index (χ1n) is 5.04. The van der Waals surface area contributed by atoms with Gasteiger partial charge in [0.25, 0.3) is 0 Å². The fourth-order valence-corrected chi connectivity index (χ4v) is 1.75. The van der Waals surface area contributed by atoms with Crippen LogP contribution in [0, 0.1) is 0 Å². The lowest BCUT2D eigenvalue weighted by atomic mass is 9.99. The molecule has 1 aliphatic carbocycles. The number of hydrogen-bond donors (Lipinski definition) is 0. The van der Waals surface area contributed by atoms with Crippen LogP contribution >= 0.6 is 0 Å². The maximum Gasteiger partial charge on any atom is 0.146 e. The highest BCUT2D eigenvalue weighted by molar-refractivity contribution is 4.62. The molecule has 0 saturated heterocycles. The summed E-state index contributed by atoms with van der Waals surface area (Å²) in [6, 6.07) is 0. The first kappa shape index (κ1) is 10.0. The van der Waals surface area contributed by atoms with Crippen molar-refractivity contribution in [3.8, 4) is 0 Å². The van der Waals surface area contributed by atoms with Crippen molar-refractivity contribution in [2.24, 2.45) is 0 Å². The predicted molar refractivity (Wildman–Crippen MR) is 49.1 cm³/mol. The fraction of sp³-hybridized carbons (Fsp3) is 1.00. The molecule has 0 heterocycles. The van der Waals surface area contributed by atoms with Gasteiger partial charge in [-0.1, -0.05) is 32.1 Å². The number of ether oxygens (including phenoxy) is 2. The highest BCUT2D eigenvalue weighted by Crippen LogP contribution is 2.19. The SMILES string of the molecule is COCOC1CCCCCCC1. The minimum Gasteiger partial charge on any atom is -0.359 e. The zero-order valence-electron chi connectivity index (χ0n) is 8.05. The summed E-state index contributed by atoms with van der Waals surface area (Å²) in [7, 11) is 1.68. The Hall–Kier alpha value is -0.0800. The molecule has 0 bridgehead atoms. The third-order valence-corrected chi connectivity index (χ3v) is 2.47. The molecule has 1 rings (SSSR count). The van der Waals surface area contributed by atoms with Crippen molar-refractivity contribution in [3.63, 3.8) is 0 Å². The molecule has 0 amide bonds. The zero-order chi connectivity index (χ0) is 8.65. The molecule has 1 aliphatic rings. The van der Waals surface area contributed by atoms with E-state index in [1.54, 1.807) is 7.11 Å². The van der Waals surface area contributed by atoms with E-state index in [-0.39, 0.29) is 0 Å². The van der Waals surface area contributed by atoms with Gasteiger partial charge in [0.15, 0.2) is 0 Å². The van der Waals surface area contributed by atoms with Gasteiger partial charge in [-0.2, -0.15) is 0 Å². The van der Waals surface area contributed by atoms with Crippen molar-refractivity contribution in [1.29, 1.82) is 0 Å². The van der Waals surface area contributed by atoms with Gasteiger partial charge in [-0.05, 0) is 12.8 Å². The Kier molecular flexibility index (Phi) is 5.37. The molecular weight excluding hydrogens is 152 g/mol. The molecular formula is C10H20O2. The van der Waals surface area contributed by atoms with Crippen LogP contribution in [-0.2, 0) is 9.47 Å². The quantitative estimate of drug-likeness (QED) is 0.609. The summed E-state index contributed by atoms with van der Waals surface area (Å²) < 4.78 is 10.4. The third-order valence-electron chi connectivity index (χ3n) is 2.47. The molecule has 1 fully saturated rings. The van der Waals surface area contributed by atoms with Gasteiger partial charge in [0.05, 0.1) is 6.10 Å². The fourth-order valence-electron chi connectivity index (χ4n) is 1.75. The molecule has 0 spiro atoms. The van der Waals surface area contributed by atoms with E-state index < -0.39 is 0 Å². The van der Waals surface area contributed by atoms with Gasteiger partial charge >= 0.3 is 0 Å². The summed E-state index contributed by atoms with van der Waals surface area (Å²) >= 11 is 0. The lowest BCUT2D eigenvalue weighted by Gasteiger charge is -2.19. The molecule has 2 nitrogen and oxygen atoms in total. The molecule has 0 atom stereocenters. The molecule has 72 valence electrons. The maximum absolute atomic E-state index is 5.55. The average Bonchev–Trinajstić information content (AvgIpc) is 2.02. The second kappa shape index (κ2) is 6.44. The number of rotatable bonds is 3. The smallest absolute Gasteiger partial charge is 0.146 e. The Morgan fingerprint density at radius 1 is 1.00 bits per heavy atom. The normalized spacial score (nSPS) is 21.8. The van der Waals surface area contributed by atoms with E-state index in [2.05, 4.69) is 0 Å². The van der Waals surface area contributed by atoms with E-state index in [0.717, 1.165) is 0 Å². The van der Waals surface area contributed by atoms with E-state index >= 15 is 0 Å². The van der Waals surface area contributed by atoms with Gasteiger partial charge < -0.3 is 9.47 Å². The summed E-state index contributed by atoms with van der Waals surface area (Å²) in [5, 5.41) is 0. The molecule has 0 radical (unpaired) electrons. The second-order valence-corrected chi connectivity index (χ2v) is 3.54. The first-order valence-corrected chi connectivity index (χ1v) is 5.04. The van der Waals surface area contributed by atoms with Crippen LogP contribution in [0.1, 0.15) is 44.9 Å². The monoisotopic (exact) mass is 172 g/mol. The van der Waals surface area contributed by atoms with Gasteiger partial charge in [0.2, 0.25) is 0 Å². The summed E-state index contributed by atoms with van der Waals surface area (Å²) in [5.74, 6) is 0. The van der Waals surface area contributed by atoms with E-state index in [9.17, 15) is 0 Å². The van der Waals surface area contributed by atoms with Crippen molar-refractivity contribution in [3.05, 3.63) is 0 Å². The lowest BCUT2D eigenvalue weighted by molar-refractivity contribution is -0.0785. The Labute approximate surface area is 75.2 Å². The van der Waals surface area contributed by atoms with Gasteiger partial charge in [0, 0.05) is 7.11 Å². The van der Waals surface area contributed by atoms with E-state index in [0.29, 0.717) is 12.9 Å². The van der Waals surface area contributed by atoms with Crippen molar-refractivity contribution in [2.45, 2.75) is 51.0 Å². The van der Waals surface area contributed by atoms with Crippen LogP contribution in [-0.4, -0.2) is 20.0 Å². The first-order chi connectivity index (χ1) is 5.93. The van der Waals surface area contributed by atoms with Crippen molar-refractivity contribution in [2.75, 3.05) is 13.9 Å². The molecule has 0 unspecified atom stereocenters. The van der Waals surface area contributed by atoms with Crippen molar-refractivity contribution < 1.29 is 9.47 Å². The minimum atomic E-state index is 0.463. The van der Waals surface area contributed by atoms with E-state index in [4.69, 9.17) is 9.47 Å². The summed E-state index contributed by atoms with van der Waals surface area (Å²) in [4.78, 5) is 0. The van der Waals surface area contributed by atoms with Crippen LogP contribution in [0.15, 0.2) is 0 Å². The van der Waals surface area contributed by atoms with Gasteiger partial charge in [0.1, 0.15) is 6.79 Å². The zero-order valence-corrected chi connectivity index (χ0v) is 8.05. The maximum atomic E-state index is 5.55. The summed E-state index contributed by atoms with van der Waals surface area (Å²) in [6.07, 6.45) is 9.75. The minimum absolute atomic E-state index is 0.463. The molecule has 12 heavy (non-hydrogen) atoms. The van der Waals surface area contributed by atoms with Gasteiger partial charge in [-0.15, -0.1) is 0 Å². The van der Waals surface area contributed by atoms with Crippen LogP contribution in [0.5, 0.6) is 0 Å². The van der Waals surface area contributed by atoms with Crippen LogP contribution in [0.25, 0.3) is 0 Å². The average molecular weight is 172 g/mol. The number of hydrogen-bond acceptors (Lipinski definition) is 2. The molecule has 2 heteroatoms. The number of methoxy groups -OCH3 is 1.